The minimum absolute atomic E-state index is 0.00116. The van der Waals surface area contributed by atoms with Gasteiger partial charge in [-0.25, -0.2) is 0 Å². The van der Waals surface area contributed by atoms with Crippen LogP contribution in [-0.4, -0.2) is 17.6 Å². The van der Waals surface area contributed by atoms with Crippen LogP contribution in [0.4, 0.5) is 13.2 Å². The third kappa shape index (κ3) is 5.21. The molecule has 3 nitrogen and oxygen atoms in total. The second-order valence-electron chi connectivity index (χ2n) is 5.54. The van der Waals surface area contributed by atoms with Gasteiger partial charge in [-0.3, -0.25) is 4.79 Å². The first-order valence-corrected chi connectivity index (χ1v) is 6.13. The molecule has 0 fully saturated rings. The smallest absolute Gasteiger partial charge is 0.416 e. The van der Waals surface area contributed by atoms with Gasteiger partial charge in [0.25, 0.3) is 0 Å². The van der Waals surface area contributed by atoms with Crippen LogP contribution >= 0.6 is 0 Å². The Kier molecular flexibility index (Phi) is 4.81. The standard InChI is InChI=1S/C14H18F3NO2/c1-13(2,3)20-12(19)11(18)8-9-5-4-6-10(7-9)14(15,16)17/h4-7,11H,8,18H2,1-3H3/t11-/m1/s1. The van der Waals surface area contributed by atoms with E-state index in [4.69, 9.17) is 10.5 Å². The maximum Gasteiger partial charge on any atom is 0.416 e. The van der Waals surface area contributed by atoms with Crippen LogP contribution in [0, 0.1) is 0 Å². The Hall–Kier alpha value is -1.56. The normalized spacial score (nSPS) is 13.9. The molecule has 112 valence electrons. The first-order chi connectivity index (χ1) is 8.99. The van der Waals surface area contributed by atoms with Crippen LogP contribution in [-0.2, 0) is 22.1 Å². The number of alkyl halides is 3. The van der Waals surface area contributed by atoms with Gasteiger partial charge in [0.05, 0.1) is 5.56 Å². The number of halogens is 3. The number of esters is 1. The van der Waals surface area contributed by atoms with Gasteiger partial charge in [-0.2, -0.15) is 13.2 Å². The number of carbonyl (C=O) groups excluding carboxylic acids is 1. The maximum atomic E-state index is 12.6. The van der Waals surface area contributed by atoms with Crippen molar-refractivity contribution in [3.8, 4) is 0 Å². The van der Waals surface area contributed by atoms with Gasteiger partial charge in [0.1, 0.15) is 11.6 Å². The summed E-state index contributed by atoms with van der Waals surface area (Å²) in [5.41, 5.74) is 4.57. The molecule has 0 spiro atoms. The Morgan fingerprint density at radius 1 is 1.30 bits per heavy atom. The summed E-state index contributed by atoms with van der Waals surface area (Å²) in [6.45, 7) is 5.09. The highest BCUT2D eigenvalue weighted by Crippen LogP contribution is 2.29. The molecule has 0 aromatic heterocycles. The first-order valence-electron chi connectivity index (χ1n) is 6.13. The Balaban J connectivity index is 2.76. The van der Waals surface area contributed by atoms with Crippen LogP contribution in [0.2, 0.25) is 0 Å². The highest BCUT2D eigenvalue weighted by Gasteiger charge is 2.30. The second-order valence-corrected chi connectivity index (χ2v) is 5.54. The molecule has 0 aliphatic carbocycles. The molecule has 0 amide bonds. The molecule has 20 heavy (non-hydrogen) atoms. The van der Waals surface area contributed by atoms with Crippen molar-refractivity contribution in [1.29, 1.82) is 0 Å². The van der Waals surface area contributed by atoms with Crippen molar-refractivity contribution in [2.45, 2.75) is 45.0 Å². The van der Waals surface area contributed by atoms with Crippen molar-refractivity contribution in [2.24, 2.45) is 5.73 Å². The molecular formula is C14H18F3NO2. The number of carbonyl (C=O) groups is 1. The SMILES string of the molecule is CC(C)(C)OC(=O)[C@H](N)Cc1cccc(C(F)(F)F)c1. The van der Waals surface area contributed by atoms with Crippen molar-refractivity contribution >= 4 is 5.97 Å². The molecule has 0 saturated carbocycles. The Morgan fingerprint density at radius 3 is 2.40 bits per heavy atom. The monoisotopic (exact) mass is 289 g/mol. The molecule has 2 N–H and O–H groups in total. The van der Waals surface area contributed by atoms with Gasteiger partial charge in [0.15, 0.2) is 0 Å². The molecule has 0 saturated heterocycles. The lowest BCUT2D eigenvalue weighted by atomic mass is 10.0. The van der Waals surface area contributed by atoms with E-state index in [0.717, 1.165) is 12.1 Å². The minimum Gasteiger partial charge on any atom is -0.459 e. The molecule has 0 bridgehead atoms. The molecule has 1 atom stereocenters. The highest BCUT2D eigenvalue weighted by molar-refractivity contribution is 5.76. The van der Waals surface area contributed by atoms with Gasteiger partial charge in [-0.05, 0) is 38.8 Å². The predicted molar refractivity (Wildman–Crippen MR) is 69.0 cm³/mol. The van der Waals surface area contributed by atoms with E-state index in [9.17, 15) is 18.0 Å². The molecule has 0 aliphatic heterocycles. The van der Waals surface area contributed by atoms with Crippen LogP contribution < -0.4 is 5.73 Å². The molecule has 1 aromatic carbocycles. The summed E-state index contributed by atoms with van der Waals surface area (Å²) >= 11 is 0. The topological polar surface area (TPSA) is 52.3 Å². The van der Waals surface area contributed by atoms with E-state index in [1.165, 1.54) is 12.1 Å². The average molecular weight is 289 g/mol. The van der Waals surface area contributed by atoms with E-state index < -0.39 is 29.4 Å². The van der Waals surface area contributed by atoms with Gasteiger partial charge in [0, 0.05) is 0 Å². The van der Waals surface area contributed by atoms with Crippen LogP contribution in [0.3, 0.4) is 0 Å². The van der Waals surface area contributed by atoms with Crippen LogP contribution in [0.15, 0.2) is 24.3 Å². The van der Waals surface area contributed by atoms with E-state index in [1.54, 1.807) is 20.8 Å². The molecule has 0 unspecified atom stereocenters. The van der Waals surface area contributed by atoms with E-state index in [2.05, 4.69) is 0 Å². The lowest BCUT2D eigenvalue weighted by molar-refractivity contribution is -0.156. The van der Waals surface area contributed by atoms with E-state index >= 15 is 0 Å². The van der Waals surface area contributed by atoms with Crippen LogP contribution in [0.25, 0.3) is 0 Å². The van der Waals surface area contributed by atoms with Gasteiger partial charge in [0.2, 0.25) is 0 Å². The fourth-order valence-corrected chi connectivity index (χ4v) is 1.59. The summed E-state index contributed by atoms with van der Waals surface area (Å²) < 4.78 is 42.8. The van der Waals surface area contributed by atoms with Crippen molar-refractivity contribution in [1.82, 2.24) is 0 Å². The summed E-state index contributed by atoms with van der Waals surface area (Å²) in [5, 5.41) is 0. The first kappa shape index (κ1) is 16.5. The van der Waals surface area contributed by atoms with E-state index in [-0.39, 0.29) is 6.42 Å². The summed E-state index contributed by atoms with van der Waals surface area (Å²) in [5.74, 6) is -0.630. The summed E-state index contributed by atoms with van der Waals surface area (Å²) in [6, 6.07) is 3.77. The summed E-state index contributed by atoms with van der Waals surface area (Å²) in [6.07, 6.45) is -4.41. The van der Waals surface area contributed by atoms with Crippen molar-refractivity contribution < 1.29 is 22.7 Å². The maximum absolute atomic E-state index is 12.6. The van der Waals surface area contributed by atoms with E-state index in [0.29, 0.717) is 5.56 Å². The molecule has 0 aliphatic rings. The van der Waals surface area contributed by atoms with Gasteiger partial charge < -0.3 is 10.5 Å². The zero-order valence-corrected chi connectivity index (χ0v) is 11.6. The lowest BCUT2D eigenvalue weighted by Crippen LogP contribution is -2.38. The fourth-order valence-electron chi connectivity index (χ4n) is 1.59. The van der Waals surface area contributed by atoms with Crippen molar-refractivity contribution in [3.05, 3.63) is 35.4 Å². The lowest BCUT2D eigenvalue weighted by Gasteiger charge is -2.22. The molecule has 1 rings (SSSR count). The highest BCUT2D eigenvalue weighted by atomic mass is 19.4. The molecular weight excluding hydrogens is 271 g/mol. The molecule has 6 heteroatoms. The number of nitrogens with two attached hydrogens (primary N) is 1. The minimum atomic E-state index is -4.41. The number of hydrogen-bond donors (Lipinski definition) is 1. The third-order valence-electron chi connectivity index (χ3n) is 2.42. The fraction of sp³-hybridized carbons (Fsp3) is 0.500. The van der Waals surface area contributed by atoms with Crippen molar-refractivity contribution in [3.63, 3.8) is 0 Å². The van der Waals surface area contributed by atoms with E-state index in [1.807, 2.05) is 0 Å². The third-order valence-corrected chi connectivity index (χ3v) is 2.42. The van der Waals surface area contributed by atoms with Crippen molar-refractivity contribution in [2.75, 3.05) is 0 Å². The zero-order valence-electron chi connectivity index (χ0n) is 11.6. The summed E-state index contributed by atoms with van der Waals surface area (Å²) in [7, 11) is 0. The molecule has 1 aromatic rings. The van der Waals surface area contributed by atoms with Crippen LogP contribution in [0.1, 0.15) is 31.9 Å². The van der Waals surface area contributed by atoms with Gasteiger partial charge >= 0.3 is 12.1 Å². The van der Waals surface area contributed by atoms with Gasteiger partial charge in [-0.1, -0.05) is 18.2 Å². The van der Waals surface area contributed by atoms with Gasteiger partial charge in [-0.15, -0.1) is 0 Å². The number of rotatable bonds is 3. The second kappa shape index (κ2) is 5.83. The van der Waals surface area contributed by atoms with Crippen LogP contribution in [0.5, 0.6) is 0 Å². The quantitative estimate of drug-likeness (QED) is 0.870. The Labute approximate surface area is 115 Å². The Morgan fingerprint density at radius 2 is 1.90 bits per heavy atom. The molecule has 0 heterocycles. The average Bonchev–Trinajstić information content (AvgIpc) is 2.25. The summed E-state index contributed by atoms with van der Waals surface area (Å²) in [4.78, 5) is 11.7. The largest absolute Gasteiger partial charge is 0.459 e. The number of ether oxygens (including phenoxy) is 1. The Bertz CT molecular complexity index is 478. The number of benzene rings is 1. The zero-order chi connectivity index (χ0) is 15.6. The predicted octanol–water partition coefficient (Wildman–Crippen LogP) is 2.92. The number of hydrogen-bond acceptors (Lipinski definition) is 3. The molecule has 0 radical (unpaired) electrons.